The van der Waals surface area contributed by atoms with Crippen LogP contribution in [0.15, 0.2) is 30.3 Å². The van der Waals surface area contributed by atoms with Gasteiger partial charge in [0.05, 0.1) is 25.6 Å². The number of hydrogen-bond acceptors (Lipinski definition) is 1. The quantitative estimate of drug-likeness (QED) is 0.595. The van der Waals surface area contributed by atoms with Gasteiger partial charge in [0.2, 0.25) is 0 Å². The molecule has 0 amide bonds. The Labute approximate surface area is 129 Å². The molecule has 0 radical (unpaired) electrons. The van der Waals surface area contributed by atoms with E-state index >= 15 is 0 Å². The highest BCUT2D eigenvalue weighted by atomic mass is 35.5. The summed E-state index contributed by atoms with van der Waals surface area (Å²) in [4.78, 5) is 7.55. The van der Waals surface area contributed by atoms with E-state index in [0.29, 0.717) is 42.5 Å². The van der Waals surface area contributed by atoms with Gasteiger partial charge in [-0.25, -0.2) is 4.98 Å². The zero-order valence-corrected chi connectivity index (χ0v) is 12.4. The van der Waals surface area contributed by atoms with E-state index in [2.05, 4.69) is 9.97 Å². The minimum absolute atomic E-state index is 0.440. The van der Waals surface area contributed by atoms with Crippen molar-refractivity contribution in [1.82, 2.24) is 9.97 Å². The number of nitrogens with one attached hydrogen (secondary N) is 1. The van der Waals surface area contributed by atoms with Crippen molar-refractivity contribution in [2.24, 2.45) is 0 Å². The van der Waals surface area contributed by atoms with Gasteiger partial charge in [0.25, 0.3) is 0 Å². The van der Waals surface area contributed by atoms with Gasteiger partial charge >= 0.3 is 0 Å². The first-order valence-corrected chi connectivity index (χ1v) is 6.87. The summed E-state index contributed by atoms with van der Waals surface area (Å²) in [5.41, 5.74) is 2.00. The number of fused-ring (bicyclic) bond motifs is 1. The second kappa shape index (κ2) is 4.88. The minimum atomic E-state index is 0.440. The summed E-state index contributed by atoms with van der Waals surface area (Å²) < 4.78 is 0. The largest absolute Gasteiger partial charge is 0.337 e. The highest BCUT2D eigenvalue weighted by Crippen LogP contribution is 2.35. The molecule has 1 heterocycles. The van der Waals surface area contributed by atoms with Crippen LogP contribution in [0, 0.1) is 0 Å². The van der Waals surface area contributed by atoms with Crippen molar-refractivity contribution < 1.29 is 0 Å². The lowest BCUT2D eigenvalue weighted by molar-refractivity contribution is 1.34. The average molecular weight is 332 g/mol. The maximum Gasteiger partial charge on any atom is 0.140 e. The molecule has 0 saturated heterocycles. The second-order valence-corrected chi connectivity index (χ2v) is 5.54. The van der Waals surface area contributed by atoms with Crippen LogP contribution in [-0.4, -0.2) is 9.97 Å². The fraction of sp³-hybridized carbons (Fsp3) is 0. The Kier molecular flexibility index (Phi) is 3.35. The summed E-state index contributed by atoms with van der Waals surface area (Å²) in [6, 6.07) is 8.77. The molecule has 3 rings (SSSR count). The van der Waals surface area contributed by atoms with Crippen LogP contribution in [0.4, 0.5) is 0 Å². The van der Waals surface area contributed by atoms with Gasteiger partial charge in [-0.1, -0.05) is 52.5 Å². The van der Waals surface area contributed by atoms with E-state index in [4.69, 9.17) is 46.4 Å². The van der Waals surface area contributed by atoms with E-state index in [1.807, 2.05) is 6.07 Å². The Morgan fingerprint density at radius 1 is 0.842 bits per heavy atom. The zero-order chi connectivity index (χ0) is 13.6. The Bertz CT molecular complexity index is 741. The Morgan fingerprint density at radius 2 is 1.58 bits per heavy atom. The number of aromatic amines is 1. The summed E-state index contributed by atoms with van der Waals surface area (Å²) in [6.45, 7) is 0. The summed E-state index contributed by atoms with van der Waals surface area (Å²) in [5.74, 6) is 0.581. The van der Waals surface area contributed by atoms with Crippen molar-refractivity contribution in [2.45, 2.75) is 0 Å². The van der Waals surface area contributed by atoms with Gasteiger partial charge in [0.15, 0.2) is 0 Å². The van der Waals surface area contributed by atoms with Crippen LogP contribution in [0.2, 0.25) is 20.1 Å². The molecular formula is C13H6Cl4N2. The summed E-state index contributed by atoms with van der Waals surface area (Å²) in [5, 5.41) is 1.99. The molecule has 1 aromatic heterocycles. The molecule has 0 aliphatic rings. The highest BCUT2D eigenvalue weighted by Gasteiger charge is 2.14. The monoisotopic (exact) mass is 330 g/mol. The maximum atomic E-state index is 6.18. The number of hydrogen-bond donors (Lipinski definition) is 1. The minimum Gasteiger partial charge on any atom is -0.337 e. The number of benzene rings is 2. The lowest BCUT2D eigenvalue weighted by Crippen LogP contribution is -1.82. The van der Waals surface area contributed by atoms with Crippen molar-refractivity contribution in [3.8, 4) is 11.4 Å². The van der Waals surface area contributed by atoms with E-state index in [-0.39, 0.29) is 0 Å². The predicted molar refractivity (Wildman–Crippen MR) is 81.6 cm³/mol. The topological polar surface area (TPSA) is 28.7 Å². The van der Waals surface area contributed by atoms with E-state index in [1.54, 1.807) is 24.3 Å². The predicted octanol–water partition coefficient (Wildman–Crippen LogP) is 5.84. The number of H-pyrrole nitrogens is 1. The first-order valence-electron chi connectivity index (χ1n) is 5.36. The van der Waals surface area contributed by atoms with Gasteiger partial charge < -0.3 is 4.98 Å². The van der Waals surface area contributed by atoms with Gasteiger partial charge in [-0.15, -0.1) is 0 Å². The lowest BCUT2D eigenvalue weighted by Gasteiger charge is -2.01. The van der Waals surface area contributed by atoms with Gasteiger partial charge in [0, 0.05) is 5.56 Å². The van der Waals surface area contributed by atoms with Crippen molar-refractivity contribution >= 4 is 57.4 Å². The smallest absolute Gasteiger partial charge is 0.140 e. The molecule has 19 heavy (non-hydrogen) atoms. The van der Waals surface area contributed by atoms with Crippen LogP contribution >= 0.6 is 46.4 Å². The average Bonchev–Trinajstić information content (AvgIpc) is 2.83. The third-order valence-corrected chi connectivity index (χ3v) is 4.19. The van der Waals surface area contributed by atoms with Crippen LogP contribution in [0.5, 0.6) is 0 Å². The molecule has 6 heteroatoms. The molecule has 0 atom stereocenters. The molecule has 0 unspecified atom stereocenters. The number of imidazole rings is 1. The highest BCUT2D eigenvalue weighted by molar-refractivity contribution is 6.43. The Balaban J connectivity index is 2.30. The molecule has 2 aromatic carbocycles. The van der Waals surface area contributed by atoms with Crippen LogP contribution < -0.4 is 0 Å². The van der Waals surface area contributed by atoms with Crippen LogP contribution in [0.3, 0.4) is 0 Å². The van der Waals surface area contributed by atoms with Crippen molar-refractivity contribution in [2.75, 3.05) is 0 Å². The molecule has 2 nitrogen and oxygen atoms in total. The summed E-state index contributed by atoms with van der Waals surface area (Å²) in [6.07, 6.45) is 0. The van der Waals surface area contributed by atoms with E-state index < -0.39 is 0 Å². The molecular weight excluding hydrogens is 326 g/mol. The first kappa shape index (κ1) is 13.1. The molecule has 96 valence electrons. The number of rotatable bonds is 1. The summed E-state index contributed by atoms with van der Waals surface area (Å²) in [7, 11) is 0. The van der Waals surface area contributed by atoms with Crippen molar-refractivity contribution in [3.63, 3.8) is 0 Å². The summed E-state index contributed by atoms with van der Waals surface area (Å²) >= 11 is 24.4. The third-order valence-electron chi connectivity index (χ3n) is 2.75. The molecule has 1 N–H and O–H groups in total. The van der Waals surface area contributed by atoms with Crippen molar-refractivity contribution in [1.29, 1.82) is 0 Å². The van der Waals surface area contributed by atoms with E-state index in [1.165, 1.54) is 0 Å². The van der Waals surface area contributed by atoms with E-state index in [0.717, 1.165) is 0 Å². The Morgan fingerprint density at radius 3 is 2.32 bits per heavy atom. The fourth-order valence-electron chi connectivity index (χ4n) is 1.84. The van der Waals surface area contributed by atoms with Crippen LogP contribution in [-0.2, 0) is 0 Å². The maximum absolute atomic E-state index is 6.18. The molecule has 0 saturated carbocycles. The molecule has 0 aliphatic carbocycles. The van der Waals surface area contributed by atoms with Crippen LogP contribution in [0.25, 0.3) is 22.4 Å². The van der Waals surface area contributed by atoms with E-state index in [9.17, 15) is 0 Å². The molecule has 3 aromatic rings. The standard InChI is InChI=1S/C13H6Cl4N2/c14-7-3-1-2-6(10(7)17)13-18-11-8(15)4-5-9(16)12(11)19-13/h1-5H,(H,18,19). The molecule has 0 fully saturated rings. The number of aromatic nitrogens is 2. The fourth-order valence-corrected chi connectivity index (χ4v) is 2.63. The Hall–Kier alpha value is -0.930. The van der Waals surface area contributed by atoms with Gasteiger partial charge in [-0.3, -0.25) is 0 Å². The molecule has 0 aliphatic heterocycles. The molecule has 0 spiro atoms. The van der Waals surface area contributed by atoms with Crippen LogP contribution in [0.1, 0.15) is 0 Å². The molecule has 0 bridgehead atoms. The third kappa shape index (κ3) is 2.19. The second-order valence-electron chi connectivity index (χ2n) is 3.94. The zero-order valence-electron chi connectivity index (χ0n) is 9.35. The number of halogens is 4. The van der Waals surface area contributed by atoms with Gasteiger partial charge in [0.1, 0.15) is 11.3 Å². The van der Waals surface area contributed by atoms with Gasteiger partial charge in [-0.05, 0) is 24.3 Å². The SMILES string of the molecule is Clc1cccc(-c2nc3c(Cl)ccc(Cl)c3[nH]2)c1Cl. The number of nitrogens with zero attached hydrogens (tertiary/aromatic N) is 1. The van der Waals surface area contributed by atoms with Crippen molar-refractivity contribution in [3.05, 3.63) is 50.4 Å². The normalized spacial score (nSPS) is 11.2. The lowest BCUT2D eigenvalue weighted by atomic mass is 10.2. The van der Waals surface area contributed by atoms with Gasteiger partial charge in [-0.2, -0.15) is 0 Å². The first-order chi connectivity index (χ1) is 9.08.